The molecule has 8 heteroatoms. The lowest BCUT2D eigenvalue weighted by Crippen LogP contribution is -2.08. The van der Waals surface area contributed by atoms with Gasteiger partial charge in [0.25, 0.3) is 0 Å². The number of anilines is 1. The Hall–Kier alpha value is -0.860. The van der Waals surface area contributed by atoms with Gasteiger partial charge in [0.2, 0.25) is 0 Å². The number of hydrogen-bond acceptors (Lipinski definition) is 4. The van der Waals surface area contributed by atoms with E-state index in [4.69, 9.17) is 5.73 Å². The van der Waals surface area contributed by atoms with Crippen molar-refractivity contribution < 1.29 is 9.53 Å². The number of imidazole rings is 1. The van der Waals surface area contributed by atoms with Gasteiger partial charge in [0.1, 0.15) is 11.6 Å². The molecule has 20 heavy (non-hydrogen) atoms. The van der Waals surface area contributed by atoms with E-state index in [1.165, 1.54) is 7.11 Å². The summed E-state index contributed by atoms with van der Waals surface area (Å²) >= 11 is 10.4. The van der Waals surface area contributed by atoms with E-state index < -0.39 is 5.97 Å². The molecule has 1 heterocycles. The molecule has 5 nitrogen and oxygen atoms in total. The summed E-state index contributed by atoms with van der Waals surface area (Å²) in [5.41, 5.74) is 6.91. The molecule has 1 aromatic carbocycles. The fraction of sp³-hybridized carbons (Fsp3) is 0.167. The normalized spacial score (nSPS) is 10.7. The maximum Gasteiger partial charge on any atom is 0.360 e. The molecule has 2 N–H and O–H groups in total. The molecule has 0 aliphatic rings. The Kier molecular flexibility index (Phi) is 4.55. The first-order chi connectivity index (χ1) is 9.36. The molecule has 0 aliphatic heterocycles. The highest BCUT2D eigenvalue weighted by Crippen LogP contribution is 2.35. The molecule has 0 amide bonds. The Labute approximate surface area is 140 Å². The van der Waals surface area contributed by atoms with Crippen LogP contribution in [0.25, 0.3) is 5.69 Å². The molecule has 0 unspecified atom stereocenters. The van der Waals surface area contributed by atoms with Crippen LogP contribution in [0.15, 0.2) is 25.6 Å². The number of nitrogens with zero attached hydrogens (tertiary/aromatic N) is 2. The molecule has 0 bridgehead atoms. The second kappa shape index (κ2) is 5.87. The van der Waals surface area contributed by atoms with Crippen LogP contribution in [0.1, 0.15) is 16.3 Å². The third-order valence-electron chi connectivity index (χ3n) is 2.66. The summed E-state index contributed by atoms with van der Waals surface area (Å²) < 4.78 is 8.89. The smallest absolute Gasteiger partial charge is 0.360 e. The molecule has 0 spiro atoms. The van der Waals surface area contributed by atoms with Crippen LogP contribution < -0.4 is 5.73 Å². The van der Waals surface area contributed by atoms with Gasteiger partial charge in [-0.05, 0) is 50.9 Å². The van der Waals surface area contributed by atoms with Crippen LogP contribution in [0.2, 0.25) is 0 Å². The lowest BCUT2D eigenvalue weighted by atomic mass is 10.3. The van der Waals surface area contributed by atoms with E-state index in [9.17, 15) is 4.79 Å². The Morgan fingerprint density at radius 3 is 2.35 bits per heavy atom. The number of methoxy groups -OCH3 is 1. The zero-order chi connectivity index (χ0) is 15.0. The first-order valence-electron chi connectivity index (χ1n) is 5.44. The van der Waals surface area contributed by atoms with E-state index >= 15 is 0 Å². The molecule has 0 radical (unpaired) electrons. The minimum Gasteiger partial charge on any atom is -0.464 e. The highest BCUT2D eigenvalue weighted by molar-refractivity contribution is 9.11. The van der Waals surface area contributed by atoms with E-state index in [0.717, 1.165) is 19.1 Å². The fourth-order valence-electron chi connectivity index (χ4n) is 1.83. The van der Waals surface area contributed by atoms with Gasteiger partial charge < -0.3 is 10.5 Å². The van der Waals surface area contributed by atoms with Gasteiger partial charge in [-0.2, -0.15) is 0 Å². The van der Waals surface area contributed by atoms with Crippen LogP contribution in [0, 0.1) is 6.92 Å². The van der Waals surface area contributed by atoms with Crippen molar-refractivity contribution in [1.82, 2.24) is 9.55 Å². The standard InChI is InChI=1S/C12H10Br3N3O2/c1-5-17-9(12(19)20-2)11(16)18(5)10-7(14)3-6(13)4-8(10)15/h3-4H,16H2,1-2H3. The summed E-state index contributed by atoms with van der Waals surface area (Å²) in [5, 5.41) is 0. The number of carbonyl (C=O) groups is 1. The second-order valence-corrected chi connectivity index (χ2v) is 6.56. The number of aryl methyl sites for hydroxylation is 1. The van der Waals surface area contributed by atoms with Crippen LogP contribution in [-0.2, 0) is 4.74 Å². The van der Waals surface area contributed by atoms with Crippen molar-refractivity contribution >= 4 is 59.6 Å². The van der Waals surface area contributed by atoms with Crippen LogP contribution in [0.4, 0.5) is 5.82 Å². The molecule has 0 saturated carbocycles. The topological polar surface area (TPSA) is 70.1 Å². The van der Waals surface area contributed by atoms with Crippen molar-refractivity contribution in [3.8, 4) is 5.69 Å². The van der Waals surface area contributed by atoms with Crippen molar-refractivity contribution in [3.63, 3.8) is 0 Å². The van der Waals surface area contributed by atoms with Crippen LogP contribution in [-0.4, -0.2) is 22.6 Å². The summed E-state index contributed by atoms with van der Waals surface area (Å²) in [6.07, 6.45) is 0. The van der Waals surface area contributed by atoms with Gasteiger partial charge >= 0.3 is 5.97 Å². The maximum absolute atomic E-state index is 11.6. The van der Waals surface area contributed by atoms with Gasteiger partial charge in [0.05, 0.1) is 12.8 Å². The first-order valence-corrected chi connectivity index (χ1v) is 7.82. The number of halogens is 3. The number of rotatable bonds is 2. The zero-order valence-corrected chi connectivity index (χ0v) is 15.3. The predicted molar refractivity (Wildman–Crippen MR) is 87.2 cm³/mol. The Balaban J connectivity index is 2.71. The fourth-order valence-corrected chi connectivity index (χ4v) is 4.44. The average Bonchev–Trinajstić information content (AvgIpc) is 2.65. The molecule has 0 aliphatic carbocycles. The van der Waals surface area contributed by atoms with E-state index in [1.54, 1.807) is 11.5 Å². The zero-order valence-electron chi connectivity index (χ0n) is 10.6. The Bertz CT molecular complexity index is 674. The van der Waals surface area contributed by atoms with Crippen molar-refractivity contribution in [2.24, 2.45) is 0 Å². The summed E-state index contributed by atoms with van der Waals surface area (Å²) in [4.78, 5) is 15.8. The first kappa shape index (κ1) is 15.5. The maximum atomic E-state index is 11.6. The SMILES string of the molecule is COC(=O)c1nc(C)n(-c2c(Br)cc(Br)cc2Br)c1N. The molecule has 2 rings (SSSR count). The third kappa shape index (κ3) is 2.64. The van der Waals surface area contributed by atoms with E-state index in [1.807, 2.05) is 12.1 Å². The van der Waals surface area contributed by atoms with Gasteiger partial charge in [0, 0.05) is 13.4 Å². The molecular formula is C12H10Br3N3O2. The number of hydrogen-bond donors (Lipinski definition) is 1. The molecular weight excluding hydrogens is 458 g/mol. The van der Waals surface area contributed by atoms with Crippen LogP contribution in [0.5, 0.6) is 0 Å². The highest BCUT2D eigenvalue weighted by atomic mass is 79.9. The highest BCUT2D eigenvalue weighted by Gasteiger charge is 2.22. The molecule has 2 aromatic rings. The Morgan fingerprint density at radius 1 is 1.30 bits per heavy atom. The van der Waals surface area contributed by atoms with Crippen LogP contribution >= 0.6 is 47.8 Å². The van der Waals surface area contributed by atoms with Gasteiger partial charge in [-0.25, -0.2) is 9.78 Å². The van der Waals surface area contributed by atoms with Crippen LogP contribution in [0.3, 0.4) is 0 Å². The number of nitrogen functional groups attached to an aromatic ring is 1. The van der Waals surface area contributed by atoms with Gasteiger partial charge in [0.15, 0.2) is 5.69 Å². The van der Waals surface area contributed by atoms with E-state index in [0.29, 0.717) is 5.82 Å². The number of ether oxygens (including phenoxy) is 1. The lowest BCUT2D eigenvalue weighted by Gasteiger charge is -2.13. The van der Waals surface area contributed by atoms with Crippen molar-refractivity contribution in [3.05, 3.63) is 37.1 Å². The van der Waals surface area contributed by atoms with Crippen molar-refractivity contribution in [2.45, 2.75) is 6.92 Å². The Morgan fingerprint density at radius 2 is 1.85 bits per heavy atom. The molecule has 106 valence electrons. The van der Waals surface area contributed by atoms with E-state index in [-0.39, 0.29) is 11.5 Å². The molecule has 0 fully saturated rings. The number of esters is 1. The molecule has 0 saturated heterocycles. The van der Waals surface area contributed by atoms with Crippen molar-refractivity contribution in [1.29, 1.82) is 0 Å². The summed E-state index contributed by atoms with van der Waals surface area (Å²) in [6.45, 7) is 1.77. The quantitative estimate of drug-likeness (QED) is 0.681. The third-order valence-corrected chi connectivity index (χ3v) is 4.33. The van der Waals surface area contributed by atoms with Gasteiger partial charge in [-0.3, -0.25) is 4.57 Å². The van der Waals surface area contributed by atoms with E-state index in [2.05, 4.69) is 57.5 Å². The largest absolute Gasteiger partial charge is 0.464 e. The minimum absolute atomic E-state index is 0.103. The van der Waals surface area contributed by atoms with Gasteiger partial charge in [-0.15, -0.1) is 0 Å². The average molecular weight is 468 g/mol. The van der Waals surface area contributed by atoms with Gasteiger partial charge in [-0.1, -0.05) is 15.9 Å². The summed E-state index contributed by atoms with van der Waals surface area (Å²) in [6, 6.07) is 3.77. The molecule has 1 aromatic heterocycles. The predicted octanol–water partition coefficient (Wildman–Crippen LogP) is 3.84. The number of aromatic nitrogens is 2. The lowest BCUT2D eigenvalue weighted by molar-refractivity contribution is 0.0596. The monoisotopic (exact) mass is 465 g/mol. The molecule has 0 atom stereocenters. The number of carbonyl (C=O) groups excluding carboxylic acids is 1. The summed E-state index contributed by atoms with van der Waals surface area (Å²) in [5.74, 6) is 0.262. The minimum atomic E-state index is -0.561. The number of benzene rings is 1. The van der Waals surface area contributed by atoms with Crippen molar-refractivity contribution in [2.75, 3.05) is 12.8 Å². The second-order valence-electron chi connectivity index (χ2n) is 3.94. The summed E-state index contributed by atoms with van der Waals surface area (Å²) in [7, 11) is 1.29. The number of nitrogens with two attached hydrogens (primary N) is 1.